The van der Waals surface area contributed by atoms with Crippen molar-refractivity contribution in [3.8, 4) is 11.5 Å². The Morgan fingerprint density at radius 3 is 2.70 bits per heavy atom. The average molecular weight is 268 g/mol. The number of nitrogens with zero attached hydrogens (tertiary/aromatic N) is 6. The van der Waals surface area contributed by atoms with Gasteiger partial charge >= 0.3 is 0 Å². The zero-order valence-corrected chi connectivity index (χ0v) is 10.7. The normalized spacial score (nSPS) is 11.2. The third-order valence-electron chi connectivity index (χ3n) is 2.90. The standard InChI is InChI=1S/C13H12N6O/c1-10-12(7-16-20)13(18-9-14-8-15-18)19(17-10)11-5-3-2-4-6-11/h2-9,20H,1H3. The summed E-state index contributed by atoms with van der Waals surface area (Å²) in [4.78, 5) is 3.95. The first kappa shape index (κ1) is 12.1. The molecule has 0 aliphatic heterocycles. The van der Waals surface area contributed by atoms with E-state index in [0.29, 0.717) is 11.4 Å². The molecule has 0 atom stereocenters. The molecule has 0 unspecified atom stereocenters. The van der Waals surface area contributed by atoms with Crippen molar-refractivity contribution in [3.63, 3.8) is 0 Å². The first-order valence-corrected chi connectivity index (χ1v) is 5.98. The van der Waals surface area contributed by atoms with Crippen molar-refractivity contribution in [3.05, 3.63) is 54.2 Å². The van der Waals surface area contributed by atoms with Crippen LogP contribution in [0, 0.1) is 6.92 Å². The van der Waals surface area contributed by atoms with Gasteiger partial charge in [-0.15, -0.1) is 0 Å². The number of aryl methyl sites for hydroxylation is 1. The molecule has 0 bridgehead atoms. The first-order valence-electron chi connectivity index (χ1n) is 5.98. The fourth-order valence-corrected chi connectivity index (χ4v) is 2.02. The van der Waals surface area contributed by atoms with E-state index in [4.69, 9.17) is 5.21 Å². The molecule has 0 amide bonds. The van der Waals surface area contributed by atoms with E-state index in [2.05, 4.69) is 20.3 Å². The highest BCUT2D eigenvalue weighted by molar-refractivity contribution is 5.85. The van der Waals surface area contributed by atoms with Crippen LogP contribution in [0.2, 0.25) is 0 Å². The van der Waals surface area contributed by atoms with Crippen LogP contribution >= 0.6 is 0 Å². The molecule has 0 fully saturated rings. The Balaban J connectivity index is 2.28. The number of rotatable bonds is 3. The molecule has 3 rings (SSSR count). The van der Waals surface area contributed by atoms with E-state index in [0.717, 1.165) is 11.4 Å². The van der Waals surface area contributed by atoms with Gasteiger partial charge in [-0.1, -0.05) is 23.4 Å². The SMILES string of the molecule is Cc1nn(-c2ccccc2)c(-n2cncn2)c1C=NO. The quantitative estimate of drug-likeness (QED) is 0.444. The summed E-state index contributed by atoms with van der Waals surface area (Å²) in [5.41, 5.74) is 2.30. The number of oxime groups is 1. The monoisotopic (exact) mass is 268 g/mol. The number of hydrogen-bond acceptors (Lipinski definition) is 5. The maximum Gasteiger partial charge on any atom is 0.168 e. The Hall–Kier alpha value is -2.96. The lowest BCUT2D eigenvalue weighted by atomic mass is 10.2. The lowest BCUT2D eigenvalue weighted by Crippen LogP contribution is -2.07. The highest BCUT2D eigenvalue weighted by Crippen LogP contribution is 2.20. The van der Waals surface area contributed by atoms with Gasteiger partial charge in [0.05, 0.1) is 23.2 Å². The van der Waals surface area contributed by atoms with Gasteiger partial charge < -0.3 is 5.21 Å². The third-order valence-corrected chi connectivity index (χ3v) is 2.90. The van der Waals surface area contributed by atoms with Crippen LogP contribution in [0.1, 0.15) is 11.3 Å². The fourth-order valence-electron chi connectivity index (χ4n) is 2.02. The highest BCUT2D eigenvalue weighted by atomic mass is 16.4. The molecule has 20 heavy (non-hydrogen) atoms. The minimum Gasteiger partial charge on any atom is -0.411 e. The molecular formula is C13H12N6O. The van der Waals surface area contributed by atoms with Crippen LogP contribution in [0.15, 0.2) is 48.1 Å². The van der Waals surface area contributed by atoms with Gasteiger partial charge in [0.15, 0.2) is 5.82 Å². The van der Waals surface area contributed by atoms with Crippen LogP contribution in [0.4, 0.5) is 0 Å². The molecule has 7 heteroatoms. The van der Waals surface area contributed by atoms with Crippen LogP contribution < -0.4 is 0 Å². The van der Waals surface area contributed by atoms with Gasteiger partial charge in [-0.2, -0.15) is 10.2 Å². The summed E-state index contributed by atoms with van der Waals surface area (Å²) in [6.07, 6.45) is 4.36. The van der Waals surface area contributed by atoms with Crippen molar-refractivity contribution in [2.75, 3.05) is 0 Å². The van der Waals surface area contributed by atoms with E-state index in [1.165, 1.54) is 12.5 Å². The minimum atomic E-state index is 0.670. The van der Waals surface area contributed by atoms with E-state index < -0.39 is 0 Å². The number of benzene rings is 1. The predicted molar refractivity (Wildman–Crippen MR) is 72.6 cm³/mol. The molecule has 1 aromatic carbocycles. The average Bonchev–Trinajstić information content (AvgIpc) is 3.09. The molecule has 0 aliphatic rings. The van der Waals surface area contributed by atoms with Crippen molar-refractivity contribution >= 4 is 6.21 Å². The molecule has 3 aromatic rings. The van der Waals surface area contributed by atoms with Crippen LogP contribution in [0.25, 0.3) is 11.5 Å². The second-order valence-electron chi connectivity index (χ2n) is 4.15. The summed E-state index contributed by atoms with van der Waals surface area (Å²) in [5.74, 6) is 0.670. The second-order valence-corrected chi connectivity index (χ2v) is 4.15. The van der Waals surface area contributed by atoms with Gasteiger partial charge in [-0.05, 0) is 19.1 Å². The van der Waals surface area contributed by atoms with Crippen molar-refractivity contribution < 1.29 is 5.21 Å². The zero-order valence-electron chi connectivity index (χ0n) is 10.7. The second kappa shape index (κ2) is 4.96. The van der Waals surface area contributed by atoms with Gasteiger partial charge in [0.2, 0.25) is 0 Å². The van der Waals surface area contributed by atoms with Crippen LogP contribution in [0.3, 0.4) is 0 Å². The Kier molecular flexibility index (Phi) is 3.00. The maximum absolute atomic E-state index is 8.83. The van der Waals surface area contributed by atoms with E-state index in [1.807, 2.05) is 37.3 Å². The van der Waals surface area contributed by atoms with Gasteiger partial charge in [-0.25, -0.2) is 14.3 Å². The van der Waals surface area contributed by atoms with Crippen molar-refractivity contribution in [1.82, 2.24) is 24.5 Å². The Labute approximate surface area is 114 Å². The van der Waals surface area contributed by atoms with Gasteiger partial charge in [0.25, 0.3) is 0 Å². The van der Waals surface area contributed by atoms with E-state index in [9.17, 15) is 0 Å². The third kappa shape index (κ3) is 1.95. The molecule has 1 N–H and O–H groups in total. The minimum absolute atomic E-state index is 0.670. The fraction of sp³-hybridized carbons (Fsp3) is 0.0769. The predicted octanol–water partition coefficient (Wildman–Crippen LogP) is 1.57. The lowest BCUT2D eigenvalue weighted by molar-refractivity contribution is 0.322. The molecule has 2 aromatic heterocycles. The van der Waals surface area contributed by atoms with E-state index >= 15 is 0 Å². The largest absolute Gasteiger partial charge is 0.411 e. The molecule has 2 heterocycles. The summed E-state index contributed by atoms with van der Waals surface area (Å²) in [6, 6.07) is 9.67. The zero-order chi connectivity index (χ0) is 13.9. The first-order chi connectivity index (χ1) is 9.81. The molecule has 0 saturated carbocycles. The van der Waals surface area contributed by atoms with Crippen LogP contribution in [-0.2, 0) is 0 Å². The van der Waals surface area contributed by atoms with Gasteiger partial charge in [0, 0.05) is 0 Å². The summed E-state index contributed by atoms with van der Waals surface area (Å²) < 4.78 is 3.32. The van der Waals surface area contributed by atoms with Crippen molar-refractivity contribution in [1.29, 1.82) is 0 Å². The lowest BCUT2D eigenvalue weighted by Gasteiger charge is -2.07. The van der Waals surface area contributed by atoms with Gasteiger partial charge in [0.1, 0.15) is 12.7 Å². The van der Waals surface area contributed by atoms with Crippen LogP contribution in [0.5, 0.6) is 0 Å². The summed E-state index contributed by atoms with van der Waals surface area (Å²) in [6.45, 7) is 1.84. The smallest absolute Gasteiger partial charge is 0.168 e. The van der Waals surface area contributed by atoms with E-state index in [1.54, 1.807) is 15.7 Å². The summed E-state index contributed by atoms with van der Waals surface area (Å²) in [7, 11) is 0. The summed E-state index contributed by atoms with van der Waals surface area (Å²) >= 11 is 0. The Morgan fingerprint density at radius 2 is 2.05 bits per heavy atom. The number of hydrogen-bond donors (Lipinski definition) is 1. The molecule has 0 radical (unpaired) electrons. The topological polar surface area (TPSA) is 81.1 Å². The van der Waals surface area contributed by atoms with Crippen molar-refractivity contribution in [2.45, 2.75) is 6.92 Å². The molecule has 0 saturated heterocycles. The molecule has 0 spiro atoms. The Morgan fingerprint density at radius 1 is 1.25 bits per heavy atom. The maximum atomic E-state index is 8.83. The molecule has 100 valence electrons. The van der Waals surface area contributed by atoms with Crippen molar-refractivity contribution in [2.24, 2.45) is 5.16 Å². The Bertz CT molecular complexity index is 730. The van der Waals surface area contributed by atoms with Gasteiger partial charge in [-0.3, -0.25) is 0 Å². The number of aromatic nitrogens is 5. The van der Waals surface area contributed by atoms with E-state index in [-0.39, 0.29) is 0 Å². The summed E-state index contributed by atoms with van der Waals surface area (Å²) in [5, 5.41) is 20.5. The number of para-hydroxylation sites is 1. The molecule has 7 nitrogen and oxygen atoms in total. The highest BCUT2D eigenvalue weighted by Gasteiger charge is 2.17. The molecule has 0 aliphatic carbocycles. The molecular weight excluding hydrogens is 256 g/mol. The van der Waals surface area contributed by atoms with Crippen LogP contribution in [-0.4, -0.2) is 36.0 Å².